The first-order valence-corrected chi connectivity index (χ1v) is 7.36. The Bertz CT molecular complexity index is 460. The Morgan fingerprint density at radius 2 is 2.23 bits per heavy atom. The highest BCUT2D eigenvalue weighted by molar-refractivity contribution is 7.10. The number of alkyl halides is 2. The van der Waals surface area contributed by atoms with Gasteiger partial charge in [-0.1, -0.05) is 6.07 Å². The van der Waals surface area contributed by atoms with Gasteiger partial charge in [-0.25, -0.2) is 8.78 Å². The molecule has 2 heterocycles. The van der Waals surface area contributed by atoms with Crippen molar-refractivity contribution >= 4 is 42.1 Å². The van der Waals surface area contributed by atoms with Crippen molar-refractivity contribution < 1.29 is 13.6 Å². The number of hydrogen-bond donors (Lipinski definition) is 2. The zero-order valence-corrected chi connectivity index (χ0v) is 14.8. The minimum Gasteiger partial charge on any atom is -0.353 e. The highest BCUT2D eigenvalue weighted by atomic mass is 35.5. The average molecular weight is 376 g/mol. The lowest BCUT2D eigenvalue weighted by Gasteiger charge is -2.24. The topological polar surface area (TPSA) is 44.4 Å². The summed E-state index contributed by atoms with van der Waals surface area (Å²) in [6.45, 7) is -0.0107. The molecule has 0 aromatic carbocycles. The van der Waals surface area contributed by atoms with Crippen LogP contribution in [0.1, 0.15) is 17.3 Å². The normalized spacial score (nSPS) is 20.9. The fourth-order valence-corrected chi connectivity index (χ4v) is 3.16. The first kappa shape index (κ1) is 21.5. The standard InChI is InChI=1S/C13H19F2N3OS.2ClH/c1-18(2)10(11-4-3-5-20-11)7-16-12(19)9-6-13(14,15)8-17-9;;/h3-5,9-10,17H,6-8H2,1-2H3,(H,16,19);2*1H. The smallest absolute Gasteiger partial charge is 0.262 e. The van der Waals surface area contributed by atoms with E-state index in [0.717, 1.165) is 4.88 Å². The summed E-state index contributed by atoms with van der Waals surface area (Å²) in [5, 5.41) is 7.30. The molecular formula is C13H21Cl2F2N3OS. The molecule has 22 heavy (non-hydrogen) atoms. The Morgan fingerprint density at radius 1 is 1.55 bits per heavy atom. The van der Waals surface area contributed by atoms with Gasteiger partial charge in [0, 0.05) is 17.8 Å². The Labute approximate surface area is 145 Å². The van der Waals surface area contributed by atoms with Crippen LogP contribution in [0.5, 0.6) is 0 Å². The van der Waals surface area contributed by atoms with Crippen molar-refractivity contribution in [2.24, 2.45) is 0 Å². The van der Waals surface area contributed by atoms with Crippen molar-refractivity contribution in [1.82, 2.24) is 15.5 Å². The van der Waals surface area contributed by atoms with Crippen molar-refractivity contribution in [2.75, 3.05) is 27.2 Å². The van der Waals surface area contributed by atoms with E-state index in [4.69, 9.17) is 0 Å². The summed E-state index contributed by atoms with van der Waals surface area (Å²) in [5.41, 5.74) is 0. The van der Waals surface area contributed by atoms with E-state index in [0.29, 0.717) is 6.54 Å². The zero-order valence-electron chi connectivity index (χ0n) is 12.3. The molecule has 0 radical (unpaired) electrons. The summed E-state index contributed by atoms with van der Waals surface area (Å²) < 4.78 is 26.1. The van der Waals surface area contributed by atoms with Crippen molar-refractivity contribution in [3.05, 3.63) is 22.4 Å². The number of hydrogen-bond acceptors (Lipinski definition) is 4. The molecule has 0 spiro atoms. The van der Waals surface area contributed by atoms with E-state index < -0.39 is 24.9 Å². The van der Waals surface area contributed by atoms with E-state index in [9.17, 15) is 13.6 Å². The quantitative estimate of drug-likeness (QED) is 0.829. The van der Waals surface area contributed by atoms with E-state index in [1.807, 2.05) is 36.5 Å². The maximum atomic E-state index is 13.1. The van der Waals surface area contributed by atoms with Crippen LogP contribution in [-0.2, 0) is 4.79 Å². The lowest BCUT2D eigenvalue weighted by molar-refractivity contribution is -0.123. The minimum atomic E-state index is -2.78. The summed E-state index contributed by atoms with van der Waals surface area (Å²) >= 11 is 1.61. The van der Waals surface area contributed by atoms with Crippen LogP contribution in [0.4, 0.5) is 8.78 Å². The molecule has 1 amide bonds. The van der Waals surface area contributed by atoms with Gasteiger partial charge in [0.2, 0.25) is 5.91 Å². The average Bonchev–Trinajstić information content (AvgIpc) is 2.98. The zero-order chi connectivity index (χ0) is 14.8. The molecule has 1 aromatic rings. The summed E-state index contributed by atoms with van der Waals surface area (Å²) in [6.07, 6.45) is -0.426. The third kappa shape index (κ3) is 5.62. The van der Waals surface area contributed by atoms with Gasteiger partial charge in [0.15, 0.2) is 0 Å². The molecule has 0 aliphatic carbocycles. The molecule has 2 unspecified atom stereocenters. The molecule has 1 fully saturated rings. The second-order valence-corrected chi connectivity index (χ2v) is 6.21. The molecule has 9 heteroatoms. The number of thiophene rings is 1. The van der Waals surface area contributed by atoms with E-state index >= 15 is 0 Å². The highest BCUT2D eigenvalue weighted by Gasteiger charge is 2.42. The Balaban J connectivity index is 0.00000220. The van der Waals surface area contributed by atoms with Crippen LogP contribution in [-0.4, -0.2) is 50.0 Å². The van der Waals surface area contributed by atoms with Gasteiger partial charge in [0.1, 0.15) is 0 Å². The van der Waals surface area contributed by atoms with Crippen molar-refractivity contribution in [1.29, 1.82) is 0 Å². The second-order valence-electron chi connectivity index (χ2n) is 5.23. The van der Waals surface area contributed by atoms with Gasteiger partial charge >= 0.3 is 0 Å². The first-order valence-electron chi connectivity index (χ1n) is 6.48. The maximum absolute atomic E-state index is 13.1. The number of rotatable bonds is 5. The predicted octanol–water partition coefficient (Wildman–Crippen LogP) is 2.31. The van der Waals surface area contributed by atoms with Crippen LogP contribution in [0, 0.1) is 0 Å². The maximum Gasteiger partial charge on any atom is 0.262 e. The lowest BCUT2D eigenvalue weighted by Crippen LogP contribution is -2.43. The molecule has 1 saturated heterocycles. The van der Waals surface area contributed by atoms with E-state index in [-0.39, 0.29) is 36.8 Å². The number of amides is 1. The van der Waals surface area contributed by atoms with Gasteiger partial charge in [-0.3, -0.25) is 10.1 Å². The first-order chi connectivity index (χ1) is 9.39. The van der Waals surface area contributed by atoms with Crippen molar-refractivity contribution in [3.8, 4) is 0 Å². The van der Waals surface area contributed by atoms with Crippen LogP contribution in [0.2, 0.25) is 0 Å². The van der Waals surface area contributed by atoms with Gasteiger partial charge in [-0.15, -0.1) is 36.2 Å². The number of carbonyl (C=O) groups excluding carboxylic acids is 1. The summed E-state index contributed by atoms with van der Waals surface area (Å²) in [7, 11) is 3.86. The van der Waals surface area contributed by atoms with Gasteiger partial charge in [-0.05, 0) is 25.5 Å². The fourth-order valence-electron chi connectivity index (χ4n) is 2.24. The Morgan fingerprint density at radius 3 is 2.68 bits per heavy atom. The molecular weight excluding hydrogens is 355 g/mol. The third-order valence-corrected chi connectivity index (χ3v) is 4.36. The van der Waals surface area contributed by atoms with Crippen molar-refractivity contribution in [2.45, 2.75) is 24.4 Å². The molecule has 4 nitrogen and oxygen atoms in total. The molecule has 1 aliphatic rings. The number of carbonyl (C=O) groups is 1. The minimum absolute atomic E-state index is 0. The number of likely N-dealkylation sites (N-methyl/N-ethyl adjacent to an activating group) is 1. The van der Waals surface area contributed by atoms with Crippen LogP contribution >= 0.6 is 36.2 Å². The third-order valence-electron chi connectivity index (χ3n) is 3.39. The molecule has 0 bridgehead atoms. The summed E-state index contributed by atoms with van der Waals surface area (Å²) in [4.78, 5) is 15.0. The predicted molar refractivity (Wildman–Crippen MR) is 89.6 cm³/mol. The molecule has 1 aliphatic heterocycles. The van der Waals surface area contributed by atoms with E-state index in [2.05, 4.69) is 10.6 Å². The molecule has 1 aromatic heterocycles. The molecule has 0 saturated carbocycles. The van der Waals surface area contributed by atoms with Gasteiger partial charge in [0.05, 0.1) is 18.6 Å². The number of nitrogens with one attached hydrogen (secondary N) is 2. The van der Waals surface area contributed by atoms with Gasteiger partial charge in [0.25, 0.3) is 5.92 Å². The van der Waals surface area contributed by atoms with E-state index in [1.165, 1.54) is 0 Å². The largest absolute Gasteiger partial charge is 0.353 e. The molecule has 2 rings (SSSR count). The lowest BCUT2D eigenvalue weighted by atomic mass is 10.1. The molecule has 2 N–H and O–H groups in total. The number of halogens is 4. The SMILES string of the molecule is CN(C)C(CNC(=O)C1CC(F)(F)CN1)c1cccs1.Cl.Cl. The Kier molecular flexibility index (Phi) is 8.79. The fraction of sp³-hybridized carbons (Fsp3) is 0.615. The summed E-state index contributed by atoms with van der Waals surface area (Å²) in [5.74, 6) is -3.14. The van der Waals surface area contributed by atoms with Gasteiger partial charge < -0.3 is 10.2 Å². The second kappa shape index (κ2) is 8.98. The molecule has 128 valence electrons. The Hall–Kier alpha value is -0.470. The van der Waals surface area contributed by atoms with Gasteiger partial charge in [-0.2, -0.15) is 0 Å². The van der Waals surface area contributed by atoms with Crippen LogP contribution in [0.15, 0.2) is 17.5 Å². The van der Waals surface area contributed by atoms with Crippen LogP contribution in [0.3, 0.4) is 0 Å². The molecule has 2 atom stereocenters. The summed E-state index contributed by atoms with van der Waals surface area (Å²) in [6, 6.07) is 3.22. The van der Waals surface area contributed by atoms with E-state index in [1.54, 1.807) is 11.3 Å². The number of nitrogens with zero attached hydrogens (tertiary/aromatic N) is 1. The van der Waals surface area contributed by atoms with Crippen molar-refractivity contribution in [3.63, 3.8) is 0 Å². The highest BCUT2D eigenvalue weighted by Crippen LogP contribution is 2.26. The monoisotopic (exact) mass is 375 g/mol. The van der Waals surface area contributed by atoms with Crippen LogP contribution in [0.25, 0.3) is 0 Å². The van der Waals surface area contributed by atoms with Crippen LogP contribution < -0.4 is 10.6 Å².